The van der Waals surface area contributed by atoms with Crippen molar-refractivity contribution in [3.63, 3.8) is 0 Å². The largest absolute Gasteiger partial charge is 0.341 e. The Morgan fingerprint density at radius 1 is 1.14 bits per heavy atom. The Bertz CT molecular complexity index is 969. The van der Waals surface area contributed by atoms with Crippen LogP contribution in [0.5, 0.6) is 0 Å². The summed E-state index contributed by atoms with van der Waals surface area (Å²) in [5, 5.41) is 5.35. The first-order valence-corrected chi connectivity index (χ1v) is 12.8. The first-order chi connectivity index (χ1) is 13.0. The van der Waals surface area contributed by atoms with E-state index in [1.54, 1.807) is 4.90 Å². The van der Waals surface area contributed by atoms with E-state index in [4.69, 9.17) is 10.9 Å². The quantitative estimate of drug-likeness (QED) is 0.701. The van der Waals surface area contributed by atoms with Crippen LogP contribution in [0.15, 0.2) is 28.0 Å². The van der Waals surface area contributed by atoms with Crippen molar-refractivity contribution in [2.45, 2.75) is 53.9 Å². The van der Waals surface area contributed by atoms with E-state index in [9.17, 15) is 21.6 Å². The summed E-state index contributed by atoms with van der Waals surface area (Å²) >= 11 is 0. The number of sulfone groups is 1. The topological polar surface area (TPSA) is 141 Å². The van der Waals surface area contributed by atoms with Gasteiger partial charge < -0.3 is 10.6 Å². The van der Waals surface area contributed by atoms with Gasteiger partial charge in [-0.2, -0.15) is 0 Å². The molecule has 0 radical (unpaired) electrons. The van der Waals surface area contributed by atoms with E-state index in [1.807, 2.05) is 0 Å². The lowest BCUT2D eigenvalue weighted by Gasteiger charge is -2.24. The van der Waals surface area contributed by atoms with Crippen LogP contribution in [-0.4, -0.2) is 53.0 Å². The molecule has 1 aliphatic carbocycles. The second-order valence-electron chi connectivity index (χ2n) is 7.85. The van der Waals surface area contributed by atoms with Crippen molar-refractivity contribution in [1.82, 2.24) is 4.90 Å². The van der Waals surface area contributed by atoms with Gasteiger partial charge in [-0.25, -0.2) is 22.0 Å². The molecule has 1 saturated heterocycles. The molecule has 2 aliphatic rings. The van der Waals surface area contributed by atoms with E-state index in [1.165, 1.54) is 18.2 Å². The number of carbonyl (C=O) groups excluding carboxylic acids is 1. The molecule has 28 heavy (non-hydrogen) atoms. The molecule has 1 aromatic carbocycles. The number of sulfonamides is 1. The monoisotopic (exact) mass is 429 g/mol. The lowest BCUT2D eigenvalue weighted by Crippen LogP contribution is -2.46. The number of hydrogen-bond acceptors (Lipinski definition) is 6. The molecule has 1 amide bonds. The predicted molar refractivity (Wildman–Crippen MR) is 105 cm³/mol. The molecule has 8 nitrogen and oxygen atoms in total. The standard InChI is InChI=1S/C18H27N3O5S2/c1-27(23,24)14-6-7-16(28(20,25)26)15(11-14)12-4-5-13(10-12)17(19)18(22)21-8-2-3-9-21/h6-7,11-13,17H,2-5,8-10,19H2,1H3,(H2,20,25,26)/t12-,13-,17+/m1/s1. The van der Waals surface area contributed by atoms with Crippen molar-refractivity contribution in [1.29, 1.82) is 0 Å². The van der Waals surface area contributed by atoms with E-state index >= 15 is 0 Å². The molecule has 156 valence electrons. The average molecular weight is 430 g/mol. The summed E-state index contributed by atoms with van der Waals surface area (Å²) in [6.45, 7) is 1.46. The van der Waals surface area contributed by atoms with Crippen molar-refractivity contribution < 1.29 is 21.6 Å². The zero-order valence-electron chi connectivity index (χ0n) is 15.9. The Hall–Kier alpha value is -1.49. The highest BCUT2D eigenvalue weighted by atomic mass is 32.2. The van der Waals surface area contributed by atoms with Crippen molar-refractivity contribution in [2.75, 3.05) is 19.3 Å². The van der Waals surface area contributed by atoms with E-state index in [-0.39, 0.29) is 27.5 Å². The number of carbonyl (C=O) groups is 1. The minimum atomic E-state index is -4.00. The van der Waals surface area contributed by atoms with Gasteiger partial charge in [-0.3, -0.25) is 4.79 Å². The zero-order valence-corrected chi connectivity index (χ0v) is 17.5. The molecule has 1 heterocycles. The molecule has 0 bridgehead atoms. The maximum absolute atomic E-state index is 12.6. The van der Waals surface area contributed by atoms with E-state index in [2.05, 4.69) is 0 Å². The Morgan fingerprint density at radius 3 is 2.36 bits per heavy atom. The number of benzene rings is 1. The second kappa shape index (κ2) is 7.74. The fourth-order valence-corrected chi connectivity index (χ4v) is 5.78. The van der Waals surface area contributed by atoms with Gasteiger partial charge in [-0.15, -0.1) is 0 Å². The van der Waals surface area contributed by atoms with Gasteiger partial charge in [0.25, 0.3) is 0 Å². The van der Waals surface area contributed by atoms with E-state index in [0.29, 0.717) is 24.8 Å². The molecule has 2 fully saturated rings. The van der Waals surface area contributed by atoms with Crippen LogP contribution in [0.4, 0.5) is 0 Å². The normalized spacial score (nSPS) is 24.5. The lowest BCUT2D eigenvalue weighted by molar-refractivity contribution is -0.132. The van der Waals surface area contributed by atoms with Gasteiger partial charge >= 0.3 is 0 Å². The number of primary sulfonamides is 1. The van der Waals surface area contributed by atoms with Gasteiger partial charge in [0, 0.05) is 19.3 Å². The number of nitrogens with two attached hydrogens (primary N) is 2. The third kappa shape index (κ3) is 4.40. The summed E-state index contributed by atoms with van der Waals surface area (Å²) in [7, 11) is -7.49. The molecule has 0 aromatic heterocycles. The predicted octanol–water partition coefficient (Wildman–Crippen LogP) is 0.571. The molecular formula is C18H27N3O5S2. The highest BCUT2D eigenvalue weighted by Crippen LogP contribution is 2.42. The van der Waals surface area contributed by atoms with Gasteiger partial charge in [-0.05, 0) is 67.7 Å². The highest BCUT2D eigenvalue weighted by Gasteiger charge is 2.37. The van der Waals surface area contributed by atoms with Gasteiger partial charge in [-0.1, -0.05) is 0 Å². The van der Waals surface area contributed by atoms with Gasteiger partial charge in [0.1, 0.15) is 0 Å². The van der Waals surface area contributed by atoms with Gasteiger partial charge in [0.15, 0.2) is 9.84 Å². The van der Waals surface area contributed by atoms with Crippen LogP contribution in [-0.2, 0) is 24.7 Å². The molecule has 4 N–H and O–H groups in total. The maximum atomic E-state index is 12.6. The third-order valence-electron chi connectivity index (χ3n) is 5.84. The summed E-state index contributed by atoms with van der Waals surface area (Å²) in [5.74, 6) is -0.342. The van der Waals surface area contributed by atoms with Crippen molar-refractivity contribution in [3.05, 3.63) is 23.8 Å². The first-order valence-electron chi connectivity index (χ1n) is 9.39. The van der Waals surface area contributed by atoms with Gasteiger partial charge in [0.05, 0.1) is 15.8 Å². The molecule has 1 aliphatic heterocycles. The SMILES string of the molecule is CS(=O)(=O)c1ccc(S(N)(=O)=O)c([C@@H]2CC[C@@H]([C@H](N)C(=O)N3CCCC3)C2)c1. The summed E-state index contributed by atoms with van der Waals surface area (Å²) in [6, 6.07) is 3.28. The van der Waals surface area contributed by atoms with Crippen molar-refractivity contribution >= 4 is 25.8 Å². The third-order valence-corrected chi connectivity index (χ3v) is 7.93. The molecule has 3 rings (SSSR count). The van der Waals surface area contributed by atoms with Crippen LogP contribution < -0.4 is 10.9 Å². The molecule has 3 atom stereocenters. The first kappa shape index (κ1) is 21.2. The van der Waals surface area contributed by atoms with Crippen molar-refractivity contribution in [3.8, 4) is 0 Å². The number of hydrogen-bond donors (Lipinski definition) is 2. The highest BCUT2D eigenvalue weighted by molar-refractivity contribution is 7.90. The summed E-state index contributed by atoms with van der Waals surface area (Å²) < 4.78 is 47.9. The van der Waals surface area contributed by atoms with Gasteiger partial charge in [0.2, 0.25) is 15.9 Å². The number of amides is 1. The van der Waals surface area contributed by atoms with E-state index in [0.717, 1.165) is 32.2 Å². The minimum Gasteiger partial charge on any atom is -0.341 e. The van der Waals surface area contributed by atoms with Crippen LogP contribution in [0.2, 0.25) is 0 Å². The van der Waals surface area contributed by atoms with Crippen LogP contribution >= 0.6 is 0 Å². The van der Waals surface area contributed by atoms with Crippen LogP contribution in [0.3, 0.4) is 0 Å². The lowest BCUT2D eigenvalue weighted by atomic mass is 9.93. The minimum absolute atomic E-state index is 0.0517. The number of likely N-dealkylation sites (tertiary alicyclic amines) is 1. The number of rotatable bonds is 5. The molecule has 0 unspecified atom stereocenters. The Morgan fingerprint density at radius 2 is 1.79 bits per heavy atom. The zero-order chi connectivity index (χ0) is 20.7. The van der Waals surface area contributed by atoms with E-state index < -0.39 is 25.9 Å². The van der Waals surface area contributed by atoms with Crippen LogP contribution in [0.1, 0.15) is 43.6 Å². The van der Waals surface area contributed by atoms with Crippen LogP contribution in [0, 0.1) is 5.92 Å². The molecule has 1 aromatic rings. The molecule has 10 heteroatoms. The molecular weight excluding hydrogens is 402 g/mol. The fraction of sp³-hybridized carbons (Fsp3) is 0.611. The Kier molecular flexibility index (Phi) is 5.86. The summed E-state index contributed by atoms with van der Waals surface area (Å²) in [4.78, 5) is 14.4. The Labute approximate surface area is 166 Å². The number of nitrogens with zero attached hydrogens (tertiary/aromatic N) is 1. The second-order valence-corrected chi connectivity index (χ2v) is 11.4. The average Bonchev–Trinajstić information content (AvgIpc) is 3.30. The molecule has 0 spiro atoms. The summed E-state index contributed by atoms with van der Waals surface area (Å²) in [5.41, 5.74) is 6.63. The van der Waals surface area contributed by atoms with Crippen LogP contribution in [0.25, 0.3) is 0 Å². The Balaban J connectivity index is 1.86. The smallest absolute Gasteiger partial charge is 0.239 e. The fourth-order valence-electron chi connectivity index (χ4n) is 4.31. The molecule has 1 saturated carbocycles. The van der Waals surface area contributed by atoms with Crippen molar-refractivity contribution in [2.24, 2.45) is 16.8 Å². The maximum Gasteiger partial charge on any atom is 0.239 e. The summed E-state index contributed by atoms with van der Waals surface area (Å²) in [6.07, 6.45) is 4.88.